The lowest BCUT2D eigenvalue weighted by molar-refractivity contribution is -0.148. The molecule has 0 bridgehead atoms. The first kappa shape index (κ1) is 17.9. The van der Waals surface area contributed by atoms with Gasteiger partial charge in [-0.3, -0.25) is 4.79 Å². The molecule has 1 aromatic carbocycles. The standard InChI is InChI=1S/C17H22O5/c1-3-21-16(19)14-9-7-13(8-10-14)12-15(6-5-11-18)17(20)22-4-2/h7-11,15H,3-6,12H2,1-2H3. The first-order chi connectivity index (χ1) is 10.6. The smallest absolute Gasteiger partial charge is 0.338 e. The van der Waals surface area contributed by atoms with Crippen molar-refractivity contribution in [3.05, 3.63) is 35.4 Å². The van der Waals surface area contributed by atoms with Crippen LogP contribution in [0.5, 0.6) is 0 Å². The van der Waals surface area contributed by atoms with E-state index >= 15 is 0 Å². The highest BCUT2D eigenvalue weighted by Gasteiger charge is 2.20. The van der Waals surface area contributed by atoms with E-state index in [0.717, 1.165) is 11.8 Å². The third-order valence-corrected chi connectivity index (χ3v) is 3.20. The molecule has 0 radical (unpaired) electrons. The molecule has 0 fully saturated rings. The molecular weight excluding hydrogens is 284 g/mol. The zero-order valence-electron chi connectivity index (χ0n) is 13.0. The van der Waals surface area contributed by atoms with Crippen LogP contribution in [0.2, 0.25) is 0 Å². The second-order valence-corrected chi connectivity index (χ2v) is 4.81. The number of hydrogen-bond acceptors (Lipinski definition) is 5. The van der Waals surface area contributed by atoms with Gasteiger partial charge in [0.2, 0.25) is 0 Å². The summed E-state index contributed by atoms with van der Waals surface area (Å²) in [4.78, 5) is 34.0. The van der Waals surface area contributed by atoms with Crippen LogP contribution in [0.25, 0.3) is 0 Å². The molecular formula is C17H22O5. The predicted molar refractivity (Wildman–Crippen MR) is 81.5 cm³/mol. The molecule has 1 atom stereocenters. The van der Waals surface area contributed by atoms with E-state index in [4.69, 9.17) is 9.47 Å². The van der Waals surface area contributed by atoms with Crippen molar-refractivity contribution >= 4 is 18.2 Å². The number of benzene rings is 1. The molecule has 0 aromatic heterocycles. The Morgan fingerprint density at radius 3 is 2.27 bits per heavy atom. The maximum atomic E-state index is 11.9. The monoisotopic (exact) mass is 306 g/mol. The summed E-state index contributed by atoms with van der Waals surface area (Å²) < 4.78 is 9.96. The minimum atomic E-state index is -0.364. The molecule has 120 valence electrons. The van der Waals surface area contributed by atoms with Gasteiger partial charge < -0.3 is 14.3 Å². The molecule has 1 aromatic rings. The van der Waals surface area contributed by atoms with Gasteiger partial charge >= 0.3 is 11.9 Å². The first-order valence-corrected chi connectivity index (χ1v) is 7.48. The van der Waals surface area contributed by atoms with Gasteiger partial charge in [-0.25, -0.2) is 4.79 Å². The second kappa shape index (κ2) is 9.71. The van der Waals surface area contributed by atoms with Crippen LogP contribution in [-0.2, 0) is 25.5 Å². The van der Waals surface area contributed by atoms with Crippen LogP contribution in [0.4, 0.5) is 0 Å². The van der Waals surface area contributed by atoms with Crippen LogP contribution in [0, 0.1) is 5.92 Å². The molecule has 1 rings (SSSR count). The number of carbonyl (C=O) groups is 3. The lowest BCUT2D eigenvalue weighted by Crippen LogP contribution is -2.20. The summed E-state index contributed by atoms with van der Waals surface area (Å²) in [5, 5.41) is 0. The second-order valence-electron chi connectivity index (χ2n) is 4.81. The largest absolute Gasteiger partial charge is 0.466 e. The van der Waals surface area contributed by atoms with Crippen LogP contribution in [-0.4, -0.2) is 31.4 Å². The highest BCUT2D eigenvalue weighted by molar-refractivity contribution is 5.89. The SMILES string of the molecule is CCOC(=O)c1ccc(CC(CCC=O)C(=O)OCC)cc1. The van der Waals surface area contributed by atoms with Gasteiger partial charge in [0.05, 0.1) is 24.7 Å². The molecule has 0 aliphatic rings. The van der Waals surface area contributed by atoms with Crippen molar-refractivity contribution in [3.8, 4) is 0 Å². The van der Waals surface area contributed by atoms with Gasteiger partial charge in [0.15, 0.2) is 0 Å². The van der Waals surface area contributed by atoms with Crippen molar-refractivity contribution in [2.24, 2.45) is 5.92 Å². The van der Waals surface area contributed by atoms with E-state index in [1.54, 1.807) is 38.1 Å². The van der Waals surface area contributed by atoms with Gasteiger partial charge in [0.1, 0.15) is 6.29 Å². The average Bonchev–Trinajstić information content (AvgIpc) is 2.52. The lowest BCUT2D eigenvalue weighted by Gasteiger charge is -2.14. The van der Waals surface area contributed by atoms with E-state index in [9.17, 15) is 14.4 Å². The molecule has 0 amide bonds. The Bertz CT molecular complexity index is 492. The number of esters is 2. The number of carbonyl (C=O) groups excluding carboxylic acids is 3. The van der Waals surface area contributed by atoms with E-state index in [1.165, 1.54) is 0 Å². The quantitative estimate of drug-likeness (QED) is 0.518. The van der Waals surface area contributed by atoms with E-state index in [1.807, 2.05) is 0 Å². The zero-order chi connectivity index (χ0) is 16.4. The molecule has 22 heavy (non-hydrogen) atoms. The normalized spacial score (nSPS) is 11.5. The van der Waals surface area contributed by atoms with E-state index < -0.39 is 0 Å². The molecule has 5 heteroatoms. The summed E-state index contributed by atoms with van der Waals surface area (Å²) in [7, 11) is 0. The maximum absolute atomic E-state index is 11.9. The molecule has 0 spiro atoms. The third kappa shape index (κ3) is 5.68. The summed E-state index contributed by atoms with van der Waals surface area (Å²) in [5.74, 6) is -1.01. The van der Waals surface area contributed by atoms with Gasteiger partial charge in [-0.15, -0.1) is 0 Å². The molecule has 0 saturated carbocycles. The van der Waals surface area contributed by atoms with Crippen LogP contribution >= 0.6 is 0 Å². The molecule has 0 N–H and O–H groups in total. The lowest BCUT2D eigenvalue weighted by atomic mass is 9.94. The number of rotatable bonds is 9. The van der Waals surface area contributed by atoms with Gasteiger partial charge in [-0.2, -0.15) is 0 Å². The number of hydrogen-bond donors (Lipinski definition) is 0. The van der Waals surface area contributed by atoms with Crippen LogP contribution in [0.1, 0.15) is 42.6 Å². The first-order valence-electron chi connectivity index (χ1n) is 7.48. The van der Waals surface area contributed by atoms with Crippen molar-refractivity contribution in [1.29, 1.82) is 0 Å². The van der Waals surface area contributed by atoms with E-state index in [0.29, 0.717) is 38.0 Å². The third-order valence-electron chi connectivity index (χ3n) is 3.20. The van der Waals surface area contributed by atoms with Gasteiger partial charge in [-0.05, 0) is 44.4 Å². The Morgan fingerprint density at radius 2 is 1.73 bits per heavy atom. The Morgan fingerprint density at radius 1 is 1.09 bits per heavy atom. The fourth-order valence-corrected chi connectivity index (χ4v) is 2.11. The summed E-state index contributed by atoms with van der Waals surface area (Å²) >= 11 is 0. The topological polar surface area (TPSA) is 69.7 Å². The van der Waals surface area contributed by atoms with Crippen molar-refractivity contribution < 1.29 is 23.9 Å². The fraction of sp³-hybridized carbons (Fsp3) is 0.471. The van der Waals surface area contributed by atoms with Crippen molar-refractivity contribution in [1.82, 2.24) is 0 Å². The summed E-state index contributed by atoms with van der Waals surface area (Å²) in [5.41, 5.74) is 1.39. The minimum Gasteiger partial charge on any atom is -0.466 e. The van der Waals surface area contributed by atoms with Crippen LogP contribution in [0.3, 0.4) is 0 Å². The number of aldehydes is 1. The van der Waals surface area contributed by atoms with Crippen molar-refractivity contribution in [2.75, 3.05) is 13.2 Å². The Labute approximate surface area is 130 Å². The van der Waals surface area contributed by atoms with E-state index in [-0.39, 0.29) is 17.9 Å². The highest BCUT2D eigenvalue weighted by Crippen LogP contribution is 2.17. The summed E-state index contributed by atoms with van der Waals surface area (Å²) in [6.07, 6.45) is 2.07. The van der Waals surface area contributed by atoms with Crippen molar-refractivity contribution in [3.63, 3.8) is 0 Å². The molecule has 0 heterocycles. The average molecular weight is 306 g/mol. The molecule has 0 aliphatic heterocycles. The molecule has 0 aliphatic carbocycles. The molecule has 5 nitrogen and oxygen atoms in total. The number of ether oxygens (including phenoxy) is 2. The van der Waals surface area contributed by atoms with Crippen molar-refractivity contribution in [2.45, 2.75) is 33.1 Å². The summed E-state index contributed by atoms with van der Waals surface area (Å²) in [6.45, 7) is 4.15. The predicted octanol–water partition coefficient (Wildman–Crippen LogP) is 2.56. The highest BCUT2D eigenvalue weighted by atomic mass is 16.5. The fourth-order valence-electron chi connectivity index (χ4n) is 2.11. The van der Waals surface area contributed by atoms with Gasteiger partial charge in [0, 0.05) is 6.42 Å². The Kier molecular flexibility index (Phi) is 7.89. The Hall–Kier alpha value is -2.17. The Balaban J connectivity index is 2.73. The minimum absolute atomic E-state index is 0.293. The van der Waals surface area contributed by atoms with Crippen LogP contribution < -0.4 is 0 Å². The van der Waals surface area contributed by atoms with Gasteiger partial charge in [-0.1, -0.05) is 12.1 Å². The molecule has 0 saturated heterocycles. The van der Waals surface area contributed by atoms with Gasteiger partial charge in [0.25, 0.3) is 0 Å². The van der Waals surface area contributed by atoms with E-state index in [2.05, 4.69) is 0 Å². The maximum Gasteiger partial charge on any atom is 0.338 e. The zero-order valence-corrected chi connectivity index (χ0v) is 13.0. The van der Waals surface area contributed by atoms with Crippen LogP contribution in [0.15, 0.2) is 24.3 Å². The molecule has 1 unspecified atom stereocenters. The summed E-state index contributed by atoms with van der Waals surface area (Å²) in [6, 6.07) is 6.93.